The Balaban J connectivity index is 2.12. The van der Waals surface area contributed by atoms with Crippen molar-refractivity contribution >= 4 is 5.69 Å². The molecule has 0 fully saturated rings. The van der Waals surface area contributed by atoms with E-state index in [9.17, 15) is 0 Å². The van der Waals surface area contributed by atoms with Crippen LogP contribution in [0.5, 0.6) is 0 Å². The van der Waals surface area contributed by atoms with Gasteiger partial charge in [-0.2, -0.15) is 0 Å². The molecule has 0 saturated heterocycles. The highest BCUT2D eigenvalue weighted by molar-refractivity contribution is 5.52. The second-order valence-corrected chi connectivity index (χ2v) is 6.23. The highest BCUT2D eigenvalue weighted by atomic mass is 14.9. The molecular weight excluding hydrogens is 230 g/mol. The molecule has 19 heavy (non-hydrogen) atoms. The summed E-state index contributed by atoms with van der Waals surface area (Å²) in [6, 6.07) is 19.2. The molecule has 0 aliphatic heterocycles. The van der Waals surface area contributed by atoms with Crippen LogP contribution in [-0.4, -0.2) is 6.54 Å². The van der Waals surface area contributed by atoms with Gasteiger partial charge in [0.15, 0.2) is 0 Å². The van der Waals surface area contributed by atoms with Gasteiger partial charge in [-0.25, -0.2) is 0 Å². The first-order valence-corrected chi connectivity index (χ1v) is 6.90. The minimum atomic E-state index is 0.292. The third-order valence-electron chi connectivity index (χ3n) is 3.06. The maximum absolute atomic E-state index is 3.57. The van der Waals surface area contributed by atoms with Crippen LogP contribution >= 0.6 is 0 Å². The Morgan fingerprint density at radius 1 is 0.842 bits per heavy atom. The number of rotatable bonds is 4. The van der Waals surface area contributed by atoms with E-state index in [0.29, 0.717) is 5.41 Å². The summed E-state index contributed by atoms with van der Waals surface area (Å²) >= 11 is 0. The number of anilines is 1. The zero-order chi connectivity index (χ0) is 13.7. The van der Waals surface area contributed by atoms with Crippen molar-refractivity contribution in [2.75, 3.05) is 11.9 Å². The molecule has 2 aromatic rings. The van der Waals surface area contributed by atoms with E-state index in [4.69, 9.17) is 0 Å². The molecule has 0 amide bonds. The summed E-state index contributed by atoms with van der Waals surface area (Å²) in [6.07, 6.45) is 0.980. The fourth-order valence-electron chi connectivity index (χ4n) is 2.02. The van der Waals surface area contributed by atoms with Gasteiger partial charge < -0.3 is 5.32 Å². The summed E-state index contributed by atoms with van der Waals surface area (Å²) in [4.78, 5) is 0. The molecule has 0 radical (unpaired) electrons. The maximum atomic E-state index is 3.57. The molecule has 0 aliphatic rings. The van der Waals surface area contributed by atoms with Gasteiger partial charge in [0.1, 0.15) is 0 Å². The third kappa shape index (κ3) is 4.44. The van der Waals surface area contributed by atoms with Crippen molar-refractivity contribution < 1.29 is 0 Å². The number of benzene rings is 2. The van der Waals surface area contributed by atoms with Gasteiger partial charge in [0.2, 0.25) is 0 Å². The molecule has 0 atom stereocenters. The van der Waals surface area contributed by atoms with Crippen LogP contribution in [0.25, 0.3) is 0 Å². The number of nitrogens with one attached hydrogen (secondary N) is 1. The molecule has 1 nitrogen and oxygen atoms in total. The lowest BCUT2D eigenvalue weighted by molar-refractivity contribution is 0.443. The highest BCUT2D eigenvalue weighted by Gasteiger charge is 2.10. The van der Waals surface area contributed by atoms with Crippen molar-refractivity contribution in [3.63, 3.8) is 0 Å². The van der Waals surface area contributed by atoms with Crippen LogP contribution < -0.4 is 5.32 Å². The Morgan fingerprint density at radius 2 is 1.47 bits per heavy atom. The molecule has 0 saturated carbocycles. The summed E-state index contributed by atoms with van der Waals surface area (Å²) in [7, 11) is 0. The monoisotopic (exact) mass is 253 g/mol. The van der Waals surface area contributed by atoms with Crippen molar-refractivity contribution in [2.24, 2.45) is 5.41 Å². The molecule has 0 bridgehead atoms. The van der Waals surface area contributed by atoms with Crippen LogP contribution in [0.2, 0.25) is 0 Å². The first kappa shape index (κ1) is 13.7. The molecule has 0 unspecified atom stereocenters. The van der Waals surface area contributed by atoms with Gasteiger partial charge in [-0.1, -0.05) is 69.3 Å². The van der Waals surface area contributed by atoms with Gasteiger partial charge in [0, 0.05) is 12.2 Å². The van der Waals surface area contributed by atoms with E-state index < -0.39 is 0 Å². The Labute approximate surface area is 116 Å². The summed E-state index contributed by atoms with van der Waals surface area (Å²) < 4.78 is 0. The largest absolute Gasteiger partial charge is 0.384 e. The van der Waals surface area contributed by atoms with Crippen molar-refractivity contribution in [1.29, 1.82) is 0 Å². The molecule has 0 aliphatic carbocycles. The Bertz CT molecular complexity index is 509. The number of para-hydroxylation sites is 1. The van der Waals surface area contributed by atoms with E-state index >= 15 is 0 Å². The van der Waals surface area contributed by atoms with Crippen LogP contribution in [0, 0.1) is 5.41 Å². The lowest BCUT2D eigenvalue weighted by atomic mass is 9.96. The van der Waals surface area contributed by atoms with Crippen molar-refractivity contribution in [3.8, 4) is 0 Å². The average Bonchev–Trinajstić information content (AvgIpc) is 2.38. The van der Waals surface area contributed by atoms with Crippen LogP contribution in [-0.2, 0) is 6.42 Å². The lowest BCUT2D eigenvalue weighted by Gasteiger charge is -2.21. The molecular formula is C18H23N. The first-order chi connectivity index (χ1) is 9.04. The Hall–Kier alpha value is -1.76. The molecule has 1 heteroatoms. The molecule has 2 aromatic carbocycles. The van der Waals surface area contributed by atoms with Crippen molar-refractivity contribution in [2.45, 2.75) is 27.2 Å². The third-order valence-corrected chi connectivity index (χ3v) is 3.06. The van der Waals surface area contributed by atoms with E-state index in [1.807, 2.05) is 0 Å². The molecule has 100 valence electrons. The normalized spacial score (nSPS) is 11.3. The van der Waals surface area contributed by atoms with E-state index in [2.05, 4.69) is 80.7 Å². The fraction of sp³-hybridized carbons (Fsp3) is 0.333. The zero-order valence-corrected chi connectivity index (χ0v) is 12.1. The zero-order valence-electron chi connectivity index (χ0n) is 12.1. The SMILES string of the molecule is CC(C)(C)CNc1ccccc1Cc1ccccc1. The highest BCUT2D eigenvalue weighted by Crippen LogP contribution is 2.21. The first-order valence-electron chi connectivity index (χ1n) is 6.90. The van der Waals surface area contributed by atoms with Crippen LogP contribution in [0.15, 0.2) is 54.6 Å². The van der Waals surface area contributed by atoms with Gasteiger partial charge in [-0.3, -0.25) is 0 Å². The summed E-state index contributed by atoms with van der Waals surface area (Å²) in [6.45, 7) is 7.73. The topological polar surface area (TPSA) is 12.0 Å². The predicted molar refractivity (Wildman–Crippen MR) is 83.6 cm³/mol. The fourth-order valence-corrected chi connectivity index (χ4v) is 2.02. The predicted octanol–water partition coefficient (Wildman–Crippen LogP) is 4.74. The van der Waals surface area contributed by atoms with Crippen LogP contribution in [0.3, 0.4) is 0 Å². The van der Waals surface area contributed by atoms with Crippen LogP contribution in [0.4, 0.5) is 5.69 Å². The standard InChI is InChI=1S/C18H23N/c1-18(2,3)14-19-17-12-8-7-11-16(17)13-15-9-5-4-6-10-15/h4-12,19H,13-14H2,1-3H3. The number of hydrogen-bond acceptors (Lipinski definition) is 1. The Morgan fingerprint density at radius 3 is 2.16 bits per heavy atom. The molecule has 0 aromatic heterocycles. The minimum absolute atomic E-state index is 0.292. The average molecular weight is 253 g/mol. The molecule has 0 heterocycles. The van der Waals surface area contributed by atoms with Gasteiger partial charge in [0.25, 0.3) is 0 Å². The number of hydrogen-bond donors (Lipinski definition) is 1. The van der Waals surface area contributed by atoms with E-state index in [1.54, 1.807) is 0 Å². The van der Waals surface area contributed by atoms with E-state index in [1.165, 1.54) is 16.8 Å². The van der Waals surface area contributed by atoms with Gasteiger partial charge in [-0.05, 0) is 29.0 Å². The van der Waals surface area contributed by atoms with E-state index in [-0.39, 0.29) is 0 Å². The molecule has 2 rings (SSSR count). The lowest BCUT2D eigenvalue weighted by Crippen LogP contribution is -2.19. The van der Waals surface area contributed by atoms with Gasteiger partial charge in [0.05, 0.1) is 0 Å². The molecule has 1 N–H and O–H groups in total. The quantitative estimate of drug-likeness (QED) is 0.830. The second-order valence-electron chi connectivity index (χ2n) is 6.23. The summed E-state index contributed by atoms with van der Waals surface area (Å²) in [5.41, 5.74) is 4.26. The smallest absolute Gasteiger partial charge is 0.0376 e. The van der Waals surface area contributed by atoms with Crippen LogP contribution in [0.1, 0.15) is 31.9 Å². The van der Waals surface area contributed by atoms with Crippen molar-refractivity contribution in [3.05, 3.63) is 65.7 Å². The molecule has 0 spiro atoms. The minimum Gasteiger partial charge on any atom is -0.384 e. The van der Waals surface area contributed by atoms with E-state index in [0.717, 1.165) is 13.0 Å². The summed E-state index contributed by atoms with van der Waals surface area (Å²) in [5.74, 6) is 0. The van der Waals surface area contributed by atoms with Crippen molar-refractivity contribution in [1.82, 2.24) is 0 Å². The second kappa shape index (κ2) is 5.92. The Kier molecular flexibility index (Phi) is 4.26. The van der Waals surface area contributed by atoms with Gasteiger partial charge in [-0.15, -0.1) is 0 Å². The summed E-state index contributed by atoms with van der Waals surface area (Å²) in [5, 5.41) is 3.57. The maximum Gasteiger partial charge on any atom is 0.0376 e. The van der Waals surface area contributed by atoms with Gasteiger partial charge >= 0.3 is 0 Å².